The molecule has 1 fully saturated rings. The molecule has 0 aliphatic carbocycles. The fraction of sp³-hybridized carbons (Fsp3) is 0.536. The zero-order valence-electron chi connectivity index (χ0n) is 23.6. The zero-order chi connectivity index (χ0) is 28.7. The Balaban J connectivity index is 1.41. The monoisotopic (exact) mass is 604 g/mol. The average Bonchev–Trinajstić information content (AvgIpc) is 3.18. The summed E-state index contributed by atoms with van der Waals surface area (Å²) in [5.41, 5.74) is 2.46. The van der Waals surface area contributed by atoms with Crippen molar-refractivity contribution in [2.45, 2.75) is 66.4 Å². The number of H-pyrrole nitrogens is 1. The van der Waals surface area contributed by atoms with Crippen molar-refractivity contribution in [1.82, 2.24) is 20.1 Å². The third-order valence-electron chi connectivity index (χ3n) is 6.77. The second-order valence-corrected chi connectivity index (χ2v) is 12.3. The number of aromatic nitrogens is 1. The third-order valence-corrected chi connectivity index (χ3v) is 7.36. The van der Waals surface area contributed by atoms with Crippen LogP contribution in [0.1, 0.15) is 60.4 Å². The lowest BCUT2D eigenvalue weighted by Gasteiger charge is -2.38. The van der Waals surface area contributed by atoms with E-state index in [0.717, 1.165) is 11.3 Å². The highest BCUT2D eigenvalue weighted by Crippen LogP contribution is 2.48. The van der Waals surface area contributed by atoms with Gasteiger partial charge in [0.1, 0.15) is 5.60 Å². The number of hydrogen-bond acceptors (Lipinski definition) is 7. The van der Waals surface area contributed by atoms with Crippen LogP contribution in [0.5, 0.6) is 11.5 Å². The van der Waals surface area contributed by atoms with Gasteiger partial charge in [0, 0.05) is 62.0 Å². The van der Waals surface area contributed by atoms with Crippen molar-refractivity contribution in [3.63, 3.8) is 0 Å². The van der Waals surface area contributed by atoms with Gasteiger partial charge >= 0.3 is 6.09 Å². The average molecular weight is 606 g/mol. The fourth-order valence-electron chi connectivity index (χ4n) is 4.86. The van der Waals surface area contributed by atoms with Gasteiger partial charge in [0.25, 0.3) is 17.3 Å². The molecule has 212 valence electrons. The van der Waals surface area contributed by atoms with Gasteiger partial charge in [0.15, 0.2) is 11.5 Å². The first-order chi connectivity index (χ1) is 18.2. The third kappa shape index (κ3) is 6.58. The van der Waals surface area contributed by atoms with Gasteiger partial charge in [-0.25, -0.2) is 4.79 Å². The highest BCUT2D eigenvalue weighted by molar-refractivity contribution is 9.10. The quantitative estimate of drug-likeness (QED) is 0.529. The topological polar surface area (TPSA) is 113 Å². The molecule has 4 rings (SSSR count). The molecule has 1 atom stereocenters. The van der Waals surface area contributed by atoms with Gasteiger partial charge in [0.05, 0.1) is 11.0 Å². The number of amides is 2. The number of benzene rings is 1. The molecule has 0 spiro atoms. The Morgan fingerprint density at radius 2 is 1.74 bits per heavy atom. The standard InChI is InChI=1S/C28H37BrN4O6/c1-16-12-17(2)31-25(35)20(16)14-30-24(34)19-13-21(29)23-22(18(19)3)37-28(7,38-23)15-32-8-10-33(11-9-32)26(36)39-27(4,5)6/h12-13H,8-11,14-15H2,1-7H3,(H,30,34)(H,31,35). The van der Waals surface area contributed by atoms with Gasteiger partial charge in [0.2, 0.25) is 0 Å². The van der Waals surface area contributed by atoms with E-state index in [-0.39, 0.29) is 24.1 Å². The second kappa shape index (κ2) is 10.8. The summed E-state index contributed by atoms with van der Waals surface area (Å²) in [6, 6.07) is 3.59. The van der Waals surface area contributed by atoms with Gasteiger partial charge < -0.3 is 29.4 Å². The van der Waals surface area contributed by atoms with E-state index < -0.39 is 11.4 Å². The first-order valence-corrected chi connectivity index (χ1v) is 13.8. The predicted molar refractivity (Wildman–Crippen MR) is 150 cm³/mol. The van der Waals surface area contributed by atoms with E-state index in [0.29, 0.717) is 65.4 Å². The van der Waals surface area contributed by atoms with Crippen molar-refractivity contribution in [3.05, 3.63) is 54.9 Å². The molecule has 39 heavy (non-hydrogen) atoms. The van der Waals surface area contributed by atoms with Gasteiger partial charge in [-0.15, -0.1) is 0 Å². The predicted octanol–water partition coefficient (Wildman–Crippen LogP) is 4.03. The maximum atomic E-state index is 13.1. The summed E-state index contributed by atoms with van der Waals surface area (Å²) in [4.78, 5) is 44.6. The largest absolute Gasteiger partial charge is 0.447 e. The van der Waals surface area contributed by atoms with E-state index in [1.807, 2.05) is 54.5 Å². The lowest BCUT2D eigenvalue weighted by molar-refractivity contribution is -0.0898. The lowest BCUT2D eigenvalue weighted by Crippen LogP contribution is -2.55. The molecule has 11 heteroatoms. The minimum absolute atomic E-state index is 0.110. The number of pyridine rings is 1. The number of aromatic amines is 1. The van der Waals surface area contributed by atoms with E-state index in [9.17, 15) is 14.4 Å². The molecule has 3 heterocycles. The molecule has 2 amide bonds. The van der Waals surface area contributed by atoms with Gasteiger partial charge in [-0.3, -0.25) is 14.5 Å². The molecule has 2 aliphatic heterocycles. The number of fused-ring (bicyclic) bond motifs is 1. The maximum Gasteiger partial charge on any atom is 0.410 e. The van der Waals surface area contributed by atoms with Crippen LogP contribution in [0.4, 0.5) is 4.79 Å². The van der Waals surface area contributed by atoms with Crippen LogP contribution in [0.25, 0.3) is 0 Å². The lowest BCUT2D eigenvalue weighted by atomic mass is 10.1. The second-order valence-electron chi connectivity index (χ2n) is 11.4. The van der Waals surface area contributed by atoms with Crippen molar-refractivity contribution in [3.8, 4) is 11.5 Å². The van der Waals surface area contributed by atoms with E-state index in [1.54, 1.807) is 11.0 Å². The number of ether oxygens (including phenoxy) is 3. The molecule has 2 N–H and O–H groups in total. The number of nitrogens with zero attached hydrogens (tertiary/aromatic N) is 2. The van der Waals surface area contributed by atoms with E-state index in [2.05, 4.69) is 31.1 Å². The molecule has 0 radical (unpaired) electrons. The molecule has 10 nitrogen and oxygen atoms in total. The van der Waals surface area contributed by atoms with Crippen LogP contribution in [0.2, 0.25) is 0 Å². The van der Waals surface area contributed by atoms with Crippen LogP contribution in [-0.2, 0) is 11.3 Å². The van der Waals surface area contributed by atoms with Gasteiger partial charge in [-0.2, -0.15) is 0 Å². The molecular formula is C28H37BrN4O6. The van der Waals surface area contributed by atoms with Crippen LogP contribution in [0.3, 0.4) is 0 Å². The number of hydrogen-bond donors (Lipinski definition) is 2. The van der Waals surface area contributed by atoms with Crippen LogP contribution in [-0.4, -0.2) is 70.9 Å². The molecular weight excluding hydrogens is 568 g/mol. The van der Waals surface area contributed by atoms with Crippen LogP contribution in [0.15, 0.2) is 21.4 Å². The Morgan fingerprint density at radius 3 is 2.36 bits per heavy atom. The zero-order valence-corrected chi connectivity index (χ0v) is 25.2. The molecule has 2 aromatic rings. The van der Waals surface area contributed by atoms with Crippen molar-refractivity contribution in [1.29, 1.82) is 0 Å². The summed E-state index contributed by atoms with van der Waals surface area (Å²) >= 11 is 3.54. The van der Waals surface area contributed by atoms with Crippen molar-refractivity contribution >= 4 is 27.9 Å². The summed E-state index contributed by atoms with van der Waals surface area (Å²) in [5, 5.41) is 2.86. The van der Waals surface area contributed by atoms with Crippen LogP contribution >= 0.6 is 15.9 Å². The summed E-state index contributed by atoms with van der Waals surface area (Å²) in [6.45, 7) is 15.9. The van der Waals surface area contributed by atoms with E-state index in [1.165, 1.54) is 0 Å². The Bertz CT molecular complexity index is 1340. The number of aryl methyl sites for hydroxylation is 2. The molecule has 2 aliphatic rings. The smallest absolute Gasteiger partial charge is 0.410 e. The molecule has 1 aromatic heterocycles. The number of halogens is 1. The number of nitrogens with one attached hydrogen (secondary N) is 2. The fourth-order valence-corrected chi connectivity index (χ4v) is 5.35. The molecule has 1 saturated heterocycles. The number of piperazine rings is 1. The Hall–Kier alpha value is -3.05. The number of carbonyl (C=O) groups excluding carboxylic acids is 2. The van der Waals surface area contributed by atoms with E-state index in [4.69, 9.17) is 14.2 Å². The first kappa shape index (κ1) is 28.9. The maximum absolute atomic E-state index is 13.1. The molecule has 0 saturated carbocycles. The molecule has 1 aromatic carbocycles. The van der Waals surface area contributed by atoms with Gasteiger partial charge in [-0.05, 0) is 75.2 Å². The van der Waals surface area contributed by atoms with Crippen molar-refractivity contribution in [2.75, 3.05) is 32.7 Å². The van der Waals surface area contributed by atoms with Crippen molar-refractivity contribution < 1.29 is 23.8 Å². The minimum Gasteiger partial charge on any atom is -0.447 e. The highest BCUT2D eigenvalue weighted by Gasteiger charge is 2.42. The summed E-state index contributed by atoms with van der Waals surface area (Å²) < 4.78 is 18.7. The molecule has 1 unspecified atom stereocenters. The summed E-state index contributed by atoms with van der Waals surface area (Å²) in [5.74, 6) is -0.227. The summed E-state index contributed by atoms with van der Waals surface area (Å²) in [7, 11) is 0. The van der Waals surface area contributed by atoms with E-state index >= 15 is 0 Å². The first-order valence-electron chi connectivity index (χ1n) is 13.0. The van der Waals surface area contributed by atoms with Crippen LogP contribution < -0.4 is 20.3 Å². The number of rotatable bonds is 5. The SMILES string of the molecule is Cc1cc(C)c(CNC(=O)c2cc(Br)c3c(c2C)OC(C)(CN2CCN(C(=O)OC(C)(C)C)CC2)O3)c(=O)[nH]1. The highest BCUT2D eigenvalue weighted by atomic mass is 79.9. The Kier molecular flexibility index (Phi) is 8.05. The van der Waals surface area contributed by atoms with Crippen molar-refractivity contribution in [2.24, 2.45) is 0 Å². The Labute approximate surface area is 237 Å². The minimum atomic E-state index is -0.967. The van der Waals surface area contributed by atoms with Crippen LogP contribution in [0, 0.1) is 20.8 Å². The molecule has 0 bridgehead atoms. The van der Waals surface area contributed by atoms with Gasteiger partial charge in [-0.1, -0.05) is 0 Å². The summed E-state index contributed by atoms with van der Waals surface area (Å²) in [6.07, 6.45) is -0.304. The number of carbonyl (C=O) groups is 2. The normalized spacial score (nSPS) is 19.2. The Morgan fingerprint density at radius 1 is 1.10 bits per heavy atom.